The van der Waals surface area contributed by atoms with E-state index in [4.69, 9.17) is 17.2 Å². The lowest BCUT2D eigenvalue weighted by Gasteiger charge is -2.22. The monoisotopic (exact) mass is 407 g/mol. The van der Waals surface area contributed by atoms with Crippen molar-refractivity contribution in [2.75, 3.05) is 18.0 Å². The maximum absolute atomic E-state index is 12.4. The van der Waals surface area contributed by atoms with Crippen LogP contribution in [-0.2, 0) is 10.5 Å². The second-order valence-corrected chi connectivity index (χ2v) is 8.39. The predicted octanol–water partition coefficient (Wildman–Crippen LogP) is 5.30. The Morgan fingerprint density at radius 2 is 1.85 bits per heavy atom. The highest BCUT2D eigenvalue weighted by atomic mass is 32.2. The number of aryl methyl sites for hydroxylation is 2. The Morgan fingerprint density at radius 3 is 2.38 bits per heavy atom. The van der Waals surface area contributed by atoms with Gasteiger partial charge in [0.15, 0.2) is 5.13 Å². The highest BCUT2D eigenvalue weighted by molar-refractivity contribution is 8.22. The topological polar surface area (TPSA) is 36.4 Å². The Labute approximate surface area is 169 Å². The number of thiazole rings is 1. The van der Waals surface area contributed by atoms with Crippen LogP contribution in [0.15, 0.2) is 23.6 Å². The first-order chi connectivity index (χ1) is 12.4. The number of carbonyl (C=O) groups is 1. The van der Waals surface area contributed by atoms with E-state index in [2.05, 4.69) is 18.7 Å². The number of hydrogen-bond donors (Lipinski definition) is 0. The maximum atomic E-state index is 12.4. The molecule has 140 valence electrons. The quantitative estimate of drug-likeness (QED) is 0.607. The van der Waals surface area contributed by atoms with Crippen molar-refractivity contribution in [1.82, 2.24) is 9.88 Å². The first-order valence-corrected chi connectivity index (χ1v) is 10.9. The molecule has 0 aliphatic carbocycles. The highest BCUT2D eigenvalue weighted by Gasteiger charge is 2.21. The van der Waals surface area contributed by atoms with Crippen LogP contribution in [-0.4, -0.2) is 33.2 Å². The number of carbonyl (C=O) groups excluding carboxylic acids is 1. The van der Waals surface area contributed by atoms with E-state index >= 15 is 0 Å². The summed E-state index contributed by atoms with van der Waals surface area (Å²) in [5.41, 5.74) is 4.00. The van der Waals surface area contributed by atoms with E-state index in [0.29, 0.717) is 10.9 Å². The van der Waals surface area contributed by atoms with E-state index < -0.39 is 0 Å². The van der Waals surface area contributed by atoms with Gasteiger partial charge in [0.05, 0.1) is 11.4 Å². The van der Waals surface area contributed by atoms with Crippen molar-refractivity contribution in [1.29, 1.82) is 0 Å². The number of thiocarbonyl (C=S) groups is 1. The molecule has 1 heterocycles. The molecule has 0 saturated heterocycles. The zero-order valence-corrected chi connectivity index (χ0v) is 18.4. The lowest BCUT2D eigenvalue weighted by atomic mass is 10.1. The zero-order chi connectivity index (χ0) is 19.3. The number of thioether (sulfide) groups is 1. The van der Waals surface area contributed by atoms with Gasteiger partial charge in [0, 0.05) is 31.1 Å². The minimum Gasteiger partial charge on any atom is -0.358 e. The molecule has 0 bridgehead atoms. The van der Waals surface area contributed by atoms with E-state index in [-0.39, 0.29) is 5.91 Å². The van der Waals surface area contributed by atoms with Gasteiger partial charge in [-0.3, -0.25) is 9.69 Å². The van der Waals surface area contributed by atoms with Gasteiger partial charge < -0.3 is 4.90 Å². The smallest absolute Gasteiger partial charge is 0.230 e. The number of anilines is 2. The molecule has 0 fully saturated rings. The van der Waals surface area contributed by atoms with Gasteiger partial charge in [0.25, 0.3) is 0 Å². The van der Waals surface area contributed by atoms with Crippen molar-refractivity contribution in [2.45, 2.75) is 40.4 Å². The molecule has 0 unspecified atom stereocenters. The Morgan fingerprint density at radius 1 is 1.23 bits per heavy atom. The summed E-state index contributed by atoms with van der Waals surface area (Å²) in [5.74, 6) is 0.680. The molecule has 2 rings (SSSR count). The number of aromatic nitrogens is 1. The molecule has 0 saturated carbocycles. The summed E-state index contributed by atoms with van der Waals surface area (Å²) in [5, 5.41) is 2.72. The fourth-order valence-electron chi connectivity index (χ4n) is 2.72. The molecule has 0 spiro atoms. The van der Waals surface area contributed by atoms with Crippen molar-refractivity contribution in [2.24, 2.45) is 0 Å². The summed E-state index contributed by atoms with van der Waals surface area (Å²) in [4.78, 5) is 20.9. The van der Waals surface area contributed by atoms with Crippen LogP contribution in [0.5, 0.6) is 0 Å². The standard InChI is InChI=1S/C19H25N3OS3/c1-6-21(7-2)19(24)26-12-16-11-25-18(20-16)22(15(5)23)17-13(3)9-8-10-14(17)4/h8-11H,6-7,12H2,1-5H3. The summed E-state index contributed by atoms with van der Waals surface area (Å²) in [6.45, 7) is 11.7. The molecule has 0 radical (unpaired) electrons. The fraction of sp³-hybridized carbons (Fsp3) is 0.421. The third-order valence-corrected chi connectivity index (χ3v) is 6.51. The number of nitrogens with zero attached hydrogens (tertiary/aromatic N) is 3. The third kappa shape index (κ3) is 4.84. The highest BCUT2D eigenvalue weighted by Crippen LogP contribution is 2.34. The van der Waals surface area contributed by atoms with E-state index in [0.717, 1.165) is 39.9 Å². The molecule has 0 N–H and O–H groups in total. The molecular formula is C19H25N3OS3. The number of para-hydroxylation sites is 1. The minimum absolute atomic E-state index is 0.0328. The Balaban J connectivity index is 2.21. The van der Waals surface area contributed by atoms with Gasteiger partial charge in [-0.15, -0.1) is 11.3 Å². The molecule has 2 aromatic rings. The largest absolute Gasteiger partial charge is 0.358 e. The van der Waals surface area contributed by atoms with Gasteiger partial charge in [-0.2, -0.15) is 0 Å². The van der Waals surface area contributed by atoms with Crippen LogP contribution in [0.25, 0.3) is 0 Å². The lowest BCUT2D eigenvalue weighted by Crippen LogP contribution is -2.26. The van der Waals surface area contributed by atoms with Gasteiger partial charge in [0.2, 0.25) is 5.91 Å². The molecule has 0 aliphatic heterocycles. The Bertz CT molecular complexity index is 764. The SMILES string of the molecule is CCN(CC)C(=S)SCc1csc(N(C(C)=O)c2c(C)cccc2C)n1. The average molecular weight is 408 g/mol. The maximum Gasteiger partial charge on any atom is 0.230 e. The van der Waals surface area contributed by atoms with Crippen molar-refractivity contribution in [3.05, 3.63) is 40.4 Å². The third-order valence-electron chi connectivity index (χ3n) is 4.07. The molecule has 7 heteroatoms. The van der Waals surface area contributed by atoms with Gasteiger partial charge in [-0.05, 0) is 38.8 Å². The van der Waals surface area contributed by atoms with E-state index in [1.807, 2.05) is 37.4 Å². The van der Waals surface area contributed by atoms with Crippen molar-refractivity contribution in [3.63, 3.8) is 0 Å². The van der Waals surface area contributed by atoms with Crippen LogP contribution in [0.4, 0.5) is 10.8 Å². The van der Waals surface area contributed by atoms with E-state index in [1.54, 1.807) is 23.6 Å². The van der Waals surface area contributed by atoms with Crippen LogP contribution >= 0.6 is 35.3 Å². The summed E-state index contributed by atoms with van der Waals surface area (Å²) in [7, 11) is 0. The van der Waals surface area contributed by atoms with Crippen molar-refractivity contribution in [3.8, 4) is 0 Å². The number of amides is 1. The van der Waals surface area contributed by atoms with Crippen molar-refractivity contribution < 1.29 is 4.79 Å². The van der Waals surface area contributed by atoms with Crippen LogP contribution in [0.2, 0.25) is 0 Å². The molecule has 1 amide bonds. The van der Waals surface area contributed by atoms with E-state index in [1.165, 1.54) is 11.3 Å². The van der Waals surface area contributed by atoms with Crippen LogP contribution < -0.4 is 4.90 Å². The second-order valence-electron chi connectivity index (χ2n) is 5.94. The molecule has 1 aromatic heterocycles. The molecular weight excluding hydrogens is 382 g/mol. The van der Waals surface area contributed by atoms with Crippen LogP contribution in [0.1, 0.15) is 37.6 Å². The van der Waals surface area contributed by atoms with Gasteiger partial charge in [-0.25, -0.2) is 4.98 Å². The first-order valence-electron chi connectivity index (χ1n) is 8.62. The van der Waals surface area contributed by atoms with E-state index in [9.17, 15) is 4.79 Å². The lowest BCUT2D eigenvalue weighted by molar-refractivity contribution is -0.115. The Kier molecular flexibility index (Phi) is 7.61. The summed E-state index contributed by atoms with van der Waals surface area (Å²) in [6.07, 6.45) is 0. The molecule has 1 aromatic carbocycles. The molecule has 4 nitrogen and oxygen atoms in total. The molecule has 0 aliphatic rings. The number of rotatable bonds is 6. The molecule has 26 heavy (non-hydrogen) atoms. The molecule has 0 atom stereocenters. The number of benzene rings is 1. The Hall–Kier alpha value is -1.44. The second kappa shape index (κ2) is 9.48. The van der Waals surface area contributed by atoms with Crippen LogP contribution in [0.3, 0.4) is 0 Å². The number of hydrogen-bond acceptors (Lipinski definition) is 5. The van der Waals surface area contributed by atoms with Gasteiger partial charge in [0.1, 0.15) is 4.32 Å². The van der Waals surface area contributed by atoms with Gasteiger partial charge in [-0.1, -0.05) is 42.2 Å². The normalized spacial score (nSPS) is 10.7. The van der Waals surface area contributed by atoms with Crippen molar-refractivity contribution >= 4 is 56.4 Å². The minimum atomic E-state index is -0.0328. The summed E-state index contributed by atoms with van der Waals surface area (Å²) in [6, 6.07) is 6.04. The van der Waals surface area contributed by atoms with Gasteiger partial charge >= 0.3 is 0 Å². The average Bonchev–Trinajstić information content (AvgIpc) is 3.05. The summed E-state index contributed by atoms with van der Waals surface area (Å²) < 4.78 is 0.891. The predicted molar refractivity (Wildman–Crippen MR) is 118 cm³/mol. The first kappa shape index (κ1) is 20.9. The summed E-state index contributed by atoms with van der Waals surface area (Å²) >= 11 is 8.60. The fourth-order valence-corrected chi connectivity index (χ4v) is 4.99. The zero-order valence-electron chi connectivity index (χ0n) is 15.9. The van der Waals surface area contributed by atoms with Crippen LogP contribution in [0, 0.1) is 13.8 Å².